The Morgan fingerprint density at radius 1 is 1.26 bits per heavy atom. The summed E-state index contributed by atoms with van der Waals surface area (Å²) in [7, 11) is -2.14. The Kier molecular flexibility index (Phi) is 7.25. The van der Waals surface area contributed by atoms with Crippen LogP contribution in [-0.4, -0.2) is 40.5 Å². The molecule has 1 amide bonds. The fourth-order valence-electron chi connectivity index (χ4n) is 1.62. The maximum atomic E-state index is 11.6. The third-order valence-corrected chi connectivity index (χ3v) is 4.30. The van der Waals surface area contributed by atoms with Gasteiger partial charge in [0.25, 0.3) is 5.91 Å². The lowest BCUT2D eigenvalue weighted by Gasteiger charge is -2.06. The van der Waals surface area contributed by atoms with E-state index >= 15 is 0 Å². The first-order valence-corrected chi connectivity index (χ1v) is 8.25. The lowest BCUT2D eigenvalue weighted by molar-refractivity contribution is -0.148. The molecule has 8 heteroatoms. The second-order valence-electron chi connectivity index (χ2n) is 4.49. The normalized spacial score (nSPS) is 10.6. The lowest BCUT2D eigenvalue weighted by Crippen LogP contribution is -2.29. The van der Waals surface area contributed by atoms with Gasteiger partial charge >= 0.3 is 5.97 Å². The Morgan fingerprint density at radius 2 is 1.91 bits per heavy atom. The largest absolute Gasteiger partial charge is 0.456 e. The van der Waals surface area contributed by atoms with Crippen LogP contribution in [-0.2, 0) is 30.8 Å². The monoisotopic (exact) mass is 338 g/mol. The molecule has 124 valence electrons. The minimum atomic E-state index is -3.47. The van der Waals surface area contributed by atoms with Crippen LogP contribution in [0.15, 0.2) is 29.2 Å². The van der Waals surface area contributed by atoms with E-state index in [1.807, 2.05) is 0 Å². The van der Waals surface area contributed by atoms with Crippen LogP contribution < -0.4 is 10.0 Å². The predicted octanol–water partition coefficient (Wildman–Crippen LogP) is -0.180. The van der Waals surface area contributed by atoms with E-state index in [0.717, 1.165) is 5.56 Å². The van der Waals surface area contributed by atoms with Gasteiger partial charge in [-0.15, -0.1) is 6.42 Å². The summed E-state index contributed by atoms with van der Waals surface area (Å²) < 4.78 is 30.1. The highest BCUT2D eigenvalue weighted by Crippen LogP contribution is 2.11. The minimum Gasteiger partial charge on any atom is -0.456 e. The highest BCUT2D eigenvalue weighted by atomic mass is 32.2. The number of terminal acetylenes is 1. The highest BCUT2D eigenvalue weighted by molar-refractivity contribution is 7.89. The zero-order valence-electron chi connectivity index (χ0n) is 12.7. The van der Waals surface area contributed by atoms with Crippen molar-refractivity contribution in [1.29, 1.82) is 0 Å². The van der Waals surface area contributed by atoms with Gasteiger partial charge in [-0.3, -0.25) is 9.59 Å². The van der Waals surface area contributed by atoms with E-state index in [2.05, 4.69) is 16.0 Å². The van der Waals surface area contributed by atoms with Crippen molar-refractivity contribution in [2.75, 3.05) is 20.2 Å². The number of carbonyl (C=O) groups excluding carboxylic acids is 2. The molecular weight excluding hydrogens is 320 g/mol. The highest BCUT2D eigenvalue weighted by Gasteiger charge is 2.11. The number of hydrogen-bond acceptors (Lipinski definition) is 5. The molecule has 1 aromatic carbocycles. The maximum absolute atomic E-state index is 11.6. The average Bonchev–Trinajstić information content (AvgIpc) is 2.56. The van der Waals surface area contributed by atoms with Crippen molar-refractivity contribution >= 4 is 21.9 Å². The first-order valence-electron chi connectivity index (χ1n) is 6.77. The molecule has 0 aliphatic carbocycles. The van der Waals surface area contributed by atoms with E-state index in [1.165, 1.54) is 19.2 Å². The van der Waals surface area contributed by atoms with Crippen LogP contribution >= 0.6 is 0 Å². The first-order chi connectivity index (χ1) is 10.9. The fourth-order valence-corrected chi connectivity index (χ4v) is 2.35. The Labute approximate surface area is 135 Å². The van der Waals surface area contributed by atoms with Crippen molar-refractivity contribution in [3.05, 3.63) is 29.8 Å². The summed E-state index contributed by atoms with van der Waals surface area (Å²) in [5, 5.41) is 2.37. The summed E-state index contributed by atoms with van der Waals surface area (Å²) in [5.74, 6) is 1.25. The molecule has 0 aromatic heterocycles. The SMILES string of the molecule is C#CCNC(=O)COC(=O)CCc1ccc(S(=O)(=O)NC)cc1. The molecule has 0 spiro atoms. The topological polar surface area (TPSA) is 102 Å². The smallest absolute Gasteiger partial charge is 0.306 e. The first kappa shape index (κ1) is 18.7. The van der Waals surface area contributed by atoms with Gasteiger partial charge in [0.05, 0.1) is 11.4 Å². The van der Waals surface area contributed by atoms with Gasteiger partial charge in [-0.05, 0) is 31.2 Å². The average molecular weight is 338 g/mol. The molecule has 0 bridgehead atoms. The van der Waals surface area contributed by atoms with Crippen LogP contribution in [0.4, 0.5) is 0 Å². The molecule has 2 N–H and O–H groups in total. The van der Waals surface area contributed by atoms with Crippen LogP contribution in [0.3, 0.4) is 0 Å². The molecule has 7 nitrogen and oxygen atoms in total. The van der Waals surface area contributed by atoms with Crippen molar-refractivity contribution < 1.29 is 22.7 Å². The van der Waals surface area contributed by atoms with Gasteiger partial charge in [-0.25, -0.2) is 13.1 Å². The fraction of sp³-hybridized carbons (Fsp3) is 0.333. The van der Waals surface area contributed by atoms with Crippen molar-refractivity contribution in [3.63, 3.8) is 0 Å². The molecule has 0 atom stereocenters. The van der Waals surface area contributed by atoms with Crippen LogP contribution in [0.5, 0.6) is 0 Å². The van der Waals surface area contributed by atoms with Gasteiger partial charge in [0.1, 0.15) is 0 Å². The number of nitrogens with one attached hydrogen (secondary N) is 2. The minimum absolute atomic E-state index is 0.0816. The van der Waals surface area contributed by atoms with Crippen molar-refractivity contribution in [2.45, 2.75) is 17.7 Å². The van der Waals surface area contributed by atoms with Gasteiger partial charge in [0, 0.05) is 6.42 Å². The number of sulfonamides is 1. The van der Waals surface area contributed by atoms with Gasteiger partial charge in [0.15, 0.2) is 6.61 Å². The number of rotatable bonds is 8. The van der Waals surface area contributed by atoms with E-state index in [-0.39, 0.29) is 24.5 Å². The molecule has 0 fully saturated rings. The maximum Gasteiger partial charge on any atom is 0.306 e. The van der Waals surface area contributed by atoms with E-state index in [9.17, 15) is 18.0 Å². The molecule has 1 rings (SSSR count). The van der Waals surface area contributed by atoms with Crippen molar-refractivity contribution in [3.8, 4) is 12.3 Å². The summed E-state index contributed by atoms with van der Waals surface area (Å²) in [5.41, 5.74) is 0.786. The molecule has 0 aliphatic rings. The second-order valence-corrected chi connectivity index (χ2v) is 6.38. The number of hydrogen-bond donors (Lipinski definition) is 2. The molecule has 0 saturated carbocycles. The molecule has 0 radical (unpaired) electrons. The molecule has 0 heterocycles. The van der Waals surface area contributed by atoms with Crippen LogP contribution in [0, 0.1) is 12.3 Å². The number of benzene rings is 1. The second kappa shape index (κ2) is 8.92. The van der Waals surface area contributed by atoms with E-state index in [0.29, 0.717) is 6.42 Å². The van der Waals surface area contributed by atoms with Crippen molar-refractivity contribution in [2.24, 2.45) is 0 Å². The van der Waals surface area contributed by atoms with Gasteiger partial charge in [0.2, 0.25) is 10.0 Å². The molecule has 1 aromatic rings. The Balaban J connectivity index is 2.42. The summed E-state index contributed by atoms with van der Waals surface area (Å²) in [4.78, 5) is 22.9. The summed E-state index contributed by atoms with van der Waals surface area (Å²) in [6.07, 6.45) is 5.44. The molecule has 0 saturated heterocycles. The lowest BCUT2D eigenvalue weighted by atomic mass is 10.1. The number of carbonyl (C=O) groups is 2. The number of esters is 1. The number of aryl methyl sites for hydroxylation is 1. The quantitative estimate of drug-likeness (QED) is 0.506. The number of amides is 1. The van der Waals surface area contributed by atoms with E-state index in [4.69, 9.17) is 11.2 Å². The van der Waals surface area contributed by atoms with Gasteiger partial charge in [-0.1, -0.05) is 18.1 Å². The van der Waals surface area contributed by atoms with Gasteiger partial charge in [-0.2, -0.15) is 0 Å². The summed E-state index contributed by atoms with van der Waals surface area (Å²) in [6, 6.07) is 6.16. The third-order valence-electron chi connectivity index (χ3n) is 2.87. The third kappa shape index (κ3) is 6.50. The van der Waals surface area contributed by atoms with E-state index in [1.54, 1.807) is 12.1 Å². The van der Waals surface area contributed by atoms with Crippen LogP contribution in [0.25, 0.3) is 0 Å². The Hall–Kier alpha value is -2.37. The zero-order valence-corrected chi connectivity index (χ0v) is 13.5. The summed E-state index contributed by atoms with van der Waals surface area (Å²) in [6.45, 7) is -0.294. The standard InChI is InChI=1S/C15H18N2O5S/c1-3-10-17-14(18)11-22-15(19)9-6-12-4-7-13(8-5-12)23(20,21)16-2/h1,4-5,7-8,16H,6,9-11H2,2H3,(H,17,18). The predicted molar refractivity (Wildman–Crippen MR) is 83.8 cm³/mol. The number of ether oxygens (including phenoxy) is 1. The van der Waals surface area contributed by atoms with Crippen LogP contribution in [0.2, 0.25) is 0 Å². The molecule has 0 aliphatic heterocycles. The summed E-state index contributed by atoms with van der Waals surface area (Å²) >= 11 is 0. The molecule has 23 heavy (non-hydrogen) atoms. The van der Waals surface area contributed by atoms with Crippen LogP contribution in [0.1, 0.15) is 12.0 Å². The van der Waals surface area contributed by atoms with Crippen molar-refractivity contribution in [1.82, 2.24) is 10.0 Å². The molecular formula is C15H18N2O5S. The van der Waals surface area contributed by atoms with E-state index < -0.39 is 21.9 Å². The Morgan fingerprint density at radius 3 is 2.48 bits per heavy atom. The Bertz CT molecular complexity index is 690. The van der Waals surface area contributed by atoms with Gasteiger partial charge < -0.3 is 10.1 Å². The molecule has 0 unspecified atom stereocenters. The zero-order chi connectivity index (χ0) is 17.3.